The third-order valence-corrected chi connectivity index (χ3v) is 10.3. The molecule has 5 heteroatoms. The summed E-state index contributed by atoms with van der Waals surface area (Å²) in [6.07, 6.45) is -0.433. The number of hydrogen-bond acceptors (Lipinski definition) is 3. The first kappa shape index (κ1) is 19.8. The average Bonchev–Trinajstić information content (AvgIpc) is 2.74. The molecule has 3 rings (SSSR count). The number of carboxylic acid groups (broad SMARTS) is 1. The van der Waals surface area contributed by atoms with Crippen molar-refractivity contribution >= 4 is 34.7 Å². The maximum absolute atomic E-state index is 12.8. The van der Waals surface area contributed by atoms with Gasteiger partial charge in [-0.25, -0.2) is 0 Å². The van der Waals surface area contributed by atoms with E-state index in [0.717, 1.165) is 15.9 Å². The van der Waals surface area contributed by atoms with Crippen LogP contribution in [0.5, 0.6) is 0 Å². The van der Waals surface area contributed by atoms with Gasteiger partial charge in [0.1, 0.15) is 0 Å². The second kappa shape index (κ2) is 7.95. The van der Waals surface area contributed by atoms with E-state index in [1.165, 1.54) is 0 Å². The number of benzene rings is 3. The fraction of sp³-hybridized carbons (Fsp3) is 0.130. The van der Waals surface area contributed by atoms with Crippen LogP contribution in [0.3, 0.4) is 0 Å². The molecule has 0 heterocycles. The number of aliphatic carboxylic acids is 1. The van der Waals surface area contributed by atoms with E-state index in [2.05, 4.69) is 0 Å². The van der Waals surface area contributed by atoms with Crippen LogP contribution in [0.2, 0.25) is 0 Å². The summed E-state index contributed by atoms with van der Waals surface area (Å²) in [5.41, 5.74) is 0. The summed E-state index contributed by atoms with van der Waals surface area (Å²) in [6, 6.07) is 29.2. The Hall–Kier alpha value is -2.97. The van der Waals surface area contributed by atoms with Gasteiger partial charge >= 0.3 is 164 Å². The molecule has 0 aliphatic rings. The fourth-order valence-corrected chi connectivity index (χ4v) is 7.96. The molecule has 3 aromatic rings. The Kier molecular flexibility index (Phi) is 5.62. The molecule has 0 saturated heterocycles. The van der Waals surface area contributed by atoms with Crippen LogP contribution < -0.4 is 15.9 Å². The van der Waals surface area contributed by atoms with Gasteiger partial charge in [0.05, 0.1) is 0 Å². The van der Waals surface area contributed by atoms with Gasteiger partial charge < -0.3 is 0 Å². The second-order valence-electron chi connectivity index (χ2n) is 6.83. The molecule has 0 aliphatic heterocycles. The van der Waals surface area contributed by atoms with Crippen molar-refractivity contribution in [1.29, 1.82) is 0 Å². The van der Waals surface area contributed by atoms with Crippen LogP contribution in [0, 0.1) is 0 Å². The maximum atomic E-state index is 12.8. The Morgan fingerprint density at radius 3 is 1.39 bits per heavy atom. The van der Waals surface area contributed by atoms with Crippen LogP contribution in [0.15, 0.2) is 91.0 Å². The second-order valence-corrected chi connectivity index (χ2v) is 11.5. The quantitative estimate of drug-likeness (QED) is 0.624. The Bertz CT molecular complexity index is 856. The van der Waals surface area contributed by atoms with Gasteiger partial charge in [0.25, 0.3) is 0 Å². The van der Waals surface area contributed by atoms with Gasteiger partial charge in [0.15, 0.2) is 0 Å². The molecular formula is C23H23O4P. The van der Waals surface area contributed by atoms with Gasteiger partial charge in [-0.05, 0) is 0 Å². The van der Waals surface area contributed by atoms with Crippen molar-refractivity contribution < 1.29 is 19.2 Å². The van der Waals surface area contributed by atoms with Crippen LogP contribution in [-0.4, -0.2) is 23.7 Å². The molecule has 28 heavy (non-hydrogen) atoms. The van der Waals surface area contributed by atoms with Crippen molar-refractivity contribution in [2.24, 2.45) is 0 Å². The molecule has 3 aromatic carbocycles. The summed E-state index contributed by atoms with van der Waals surface area (Å²) in [5.74, 6) is -1.54. The zero-order valence-corrected chi connectivity index (χ0v) is 16.6. The monoisotopic (exact) mass is 394 g/mol. The van der Waals surface area contributed by atoms with Crippen LogP contribution in [-0.2, 0) is 14.1 Å². The van der Waals surface area contributed by atoms with Crippen LogP contribution >= 0.6 is 6.83 Å². The van der Waals surface area contributed by atoms with Gasteiger partial charge in [0, 0.05) is 0 Å². The molecule has 0 radical (unpaired) electrons. The minimum atomic E-state index is -3.62. The Morgan fingerprint density at radius 2 is 1.07 bits per heavy atom. The molecule has 0 saturated carbocycles. The number of hydrogen-bond donors (Lipinski definition) is 1. The van der Waals surface area contributed by atoms with E-state index in [4.69, 9.17) is 9.63 Å². The van der Waals surface area contributed by atoms with Crippen molar-refractivity contribution in [2.75, 3.05) is 6.66 Å². The van der Waals surface area contributed by atoms with E-state index in [0.29, 0.717) is 0 Å². The fourth-order valence-electron chi connectivity index (χ4n) is 3.48. The molecular weight excluding hydrogens is 371 g/mol. The molecule has 4 nitrogen and oxygen atoms in total. The normalized spacial score (nSPS) is 12.5. The summed E-state index contributed by atoms with van der Waals surface area (Å²) in [4.78, 5) is 23.8. The number of carboxylic acids is 1. The molecule has 144 valence electrons. The van der Waals surface area contributed by atoms with Gasteiger partial charge in [-0.15, -0.1) is 0 Å². The SMILES string of the molecule is CP(OC(=O)CCC(=O)O)(c1ccccc1)(c1ccccc1)c1ccccc1. The molecule has 0 fully saturated rings. The molecule has 0 aliphatic carbocycles. The molecule has 0 aromatic heterocycles. The predicted octanol–water partition coefficient (Wildman–Crippen LogP) is 3.47. The minimum absolute atomic E-state index is 0.173. The average molecular weight is 394 g/mol. The van der Waals surface area contributed by atoms with E-state index in [-0.39, 0.29) is 12.8 Å². The first-order chi connectivity index (χ1) is 13.4. The molecule has 0 bridgehead atoms. The standard InChI is InChI=1S/C23H23O4P/c1-28(19-11-5-2-6-12-19,20-13-7-3-8-14-20,21-15-9-4-10-16-21)27-23(26)18-17-22(24)25/h2-16H,17-18H2,1H3,(H,24,25). The zero-order valence-electron chi connectivity index (χ0n) is 15.7. The molecule has 0 atom stereocenters. The number of carbonyl (C=O) groups is 2. The summed E-state index contributed by atoms with van der Waals surface area (Å²) < 4.78 is 6.36. The molecule has 0 spiro atoms. The predicted molar refractivity (Wildman–Crippen MR) is 114 cm³/mol. The molecule has 0 unspecified atom stereocenters. The van der Waals surface area contributed by atoms with E-state index in [1.54, 1.807) is 0 Å². The summed E-state index contributed by atoms with van der Waals surface area (Å²) in [6.45, 7) is -1.61. The summed E-state index contributed by atoms with van der Waals surface area (Å²) in [5, 5.41) is 11.7. The van der Waals surface area contributed by atoms with Crippen LogP contribution in [0.1, 0.15) is 12.8 Å². The van der Waals surface area contributed by atoms with Gasteiger partial charge in [-0.1, -0.05) is 0 Å². The number of carbonyl (C=O) groups excluding carboxylic acids is 1. The van der Waals surface area contributed by atoms with E-state index in [1.807, 2.05) is 97.7 Å². The van der Waals surface area contributed by atoms with Crippen molar-refractivity contribution in [2.45, 2.75) is 12.8 Å². The Morgan fingerprint density at radius 1 is 0.714 bits per heavy atom. The van der Waals surface area contributed by atoms with Gasteiger partial charge in [-0.3, -0.25) is 0 Å². The number of rotatable bonds is 7. The Labute approximate surface area is 164 Å². The Balaban J connectivity index is 2.27. The van der Waals surface area contributed by atoms with E-state index >= 15 is 0 Å². The zero-order chi connectivity index (χ0) is 20.1. The third kappa shape index (κ3) is 3.56. The van der Waals surface area contributed by atoms with Crippen LogP contribution in [0.25, 0.3) is 0 Å². The molecule has 0 amide bonds. The first-order valence-electron chi connectivity index (χ1n) is 9.08. The van der Waals surface area contributed by atoms with Crippen molar-refractivity contribution in [3.8, 4) is 0 Å². The third-order valence-electron chi connectivity index (χ3n) is 5.01. The van der Waals surface area contributed by atoms with Crippen molar-refractivity contribution in [3.63, 3.8) is 0 Å². The summed E-state index contributed by atoms with van der Waals surface area (Å²) >= 11 is 0. The van der Waals surface area contributed by atoms with E-state index in [9.17, 15) is 9.59 Å². The summed E-state index contributed by atoms with van der Waals surface area (Å²) in [7, 11) is 0. The molecule has 1 N–H and O–H groups in total. The van der Waals surface area contributed by atoms with E-state index < -0.39 is 18.8 Å². The van der Waals surface area contributed by atoms with Gasteiger partial charge in [0.2, 0.25) is 0 Å². The topological polar surface area (TPSA) is 63.6 Å². The van der Waals surface area contributed by atoms with Crippen molar-refractivity contribution in [1.82, 2.24) is 0 Å². The van der Waals surface area contributed by atoms with Crippen molar-refractivity contribution in [3.05, 3.63) is 91.0 Å². The first-order valence-corrected chi connectivity index (χ1v) is 11.7. The van der Waals surface area contributed by atoms with Crippen LogP contribution in [0.4, 0.5) is 0 Å². The van der Waals surface area contributed by atoms with Gasteiger partial charge in [-0.2, -0.15) is 0 Å².